The van der Waals surface area contributed by atoms with Crippen molar-refractivity contribution in [3.8, 4) is 11.3 Å². The van der Waals surface area contributed by atoms with E-state index < -0.39 is 5.97 Å². The number of thioether (sulfide) groups is 1. The Morgan fingerprint density at radius 1 is 0.657 bits per heavy atom. The standard InChI is InChI=1S/C53H72N4O12S/c1-3-57(4-2)45-15-16-49(47(39-45)50-38-44(17-19-54-50)53(61)55-48-14-8-11-42-10-5-6-13-46(42)48)56-52(60)43-12-7-9-41(37-43)40-70-36-35-69-34-33-68-32-31-67-30-29-66-28-27-65-26-25-64-24-23-63-22-21-62-20-18-51(58)59/h5-7,9-10,12-13,15-17,19,37-39,48H,3-4,8,11,14,18,20-36,40H2,1-2H3,(H,55,61)(H,56,60)(H,58,59)/t48-/m0/s1. The van der Waals surface area contributed by atoms with Crippen molar-refractivity contribution in [2.45, 2.75) is 51.3 Å². The number of aliphatic carboxylic acids is 1. The lowest BCUT2D eigenvalue weighted by atomic mass is 9.87. The first-order valence-electron chi connectivity index (χ1n) is 24.4. The summed E-state index contributed by atoms with van der Waals surface area (Å²) < 4.78 is 43.9. The Balaban J connectivity index is 0.924. The molecule has 0 fully saturated rings. The number of carbonyl (C=O) groups excluding carboxylic acids is 2. The Labute approximate surface area is 417 Å². The minimum Gasteiger partial charge on any atom is -0.481 e. The van der Waals surface area contributed by atoms with E-state index in [-0.39, 0.29) is 30.9 Å². The zero-order valence-corrected chi connectivity index (χ0v) is 41.7. The zero-order chi connectivity index (χ0) is 49.4. The summed E-state index contributed by atoms with van der Waals surface area (Å²) in [6.07, 6.45) is 4.58. The molecule has 382 valence electrons. The smallest absolute Gasteiger partial charge is 0.305 e. The molecule has 17 heteroatoms. The molecule has 0 saturated heterocycles. The van der Waals surface area contributed by atoms with E-state index in [2.05, 4.69) is 47.6 Å². The lowest BCUT2D eigenvalue weighted by molar-refractivity contribution is -0.138. The number of fused-ring (bicyclic) bond motifs is 1. The number of pyridine rings is 1. The summed E-state index contributed by atoms with van der Waals surface area (Å²) in [7, 11) is 0. The quantitative estimate of drug-likeness (QED) is 0.0377. The molecule has 0 saturated carbocycles. The Kier molecular flexibility index (Phi) is 26.9. The topological polar surface area (TPSA) is 185 Å². The second-order valence-electron chi connectivity index (χ2n) is 16.2. The van der Waals surface area contributed by atoms with Gasteiger partial charge in [0.25, 0.3) is 11.8 Å². The normalized spacial score (nSPS) is 13.2. The molecular formula is C53H72N4O12S. The van der Waals surface area contributed by atoms with Gasteiger partial charge < -0.3 is 58.5 Å². The lowest BCUT2D eigenvalue weighted by Crippen LogP contribution is -2.31. The van der Waals surface area contributed by atoms with E-state index in [1.54, 1.807) is 24.0 Å². The molecule has 0 radical (unpaired) electrons. The molecule has 4 aromatic rings. The number of ether oxygens (including phenoxy) is 8. The fourth-order valence-electron chi connectivity index (χ4n) is 7.61. The fourth-order valence-corrected chi connectivity index (χ4v) is 8.40. The first-order valence-corrected chi connectivity index (χ1v) is 25.6. The van der Waals surface area contributed by atoms with Crippen molar-refractivity contribution in [2.75, 3.05) is 135 Å². The van der Waals surface area contributed by atoms with Crippen LogP contribution >= 0.6 is 11.8 Å². The number of carboxylic acids is 1. The molecule has 3 aromatic carbocycles. The summed E-state index contributed by atoms with van der Waals surface area (Å²) in [5.74, 6) is 0.267. The first kappa shape index (κ1) is 56.0. The van der Waals surface area contributed by atoms with Crippen LogP contribution in [0.3, 0.4) is 0 Å². The van der Waals surface area contributed by atoms with Crippen LogP contribution in [0.2, 0.25) is 0 Å². The number of nitrogens with one attached hydrogen (secondary N) is 2. The number of nitrogens with zero attached hydrogens (tertiary/aromatic N) is 2. The van der Waals surface area contributed by atoms with Crippen LogP contribution in [0.5, 0.6) is 0 Å². The van der Waals surface area contributed by atoms with Crippen LogP contribution in [-0.2, 0) is 54.9 Å². The number of amides is 2. The van der Waals surface area contributed by atoms with Crippen molar-refractivity contribution in [3.05, 3.63) is 113 Å². The molecule has 1 aliphatic rings. The number of aryl methyl sites for hydroxylation is 1. The number of hydrogen-bond acceptors (Lipinski definition) is 14. The SMILES string of the molecule is CCN(CC)c1ccc(NC(=O)c2cccc(CSCCOCCOCCOCCOCCOCCOCCOCCOCCC(=O)O)c2)c(-c2cc(C(=O)N[C@H]3CCCc4ccccc43)ccn2)c1. The van der Waals surface area contributed by atoms with E-state index >= 15 is 0 Å². The van der Waals surface area contributed by atoms with Gasteiger partial charge in [-0.05, 0) is 92.3 Å². The van der Waals surface area contributed by atoms with Gasteiger partial charge in [0.15, 0.2) is 0 Å². The number of anilines is 2. The molecule has 1 aliphatic carbocycles. The first-order chi connectivity index (χ1) is 34.4. The summed E-state index contributed by atoms with van der Waals surface area (Å²) in [6, 6.07) is 25.5. The van der Waals surface area contributed by atoms with Gasteiger partial charge in [-0.25, -0.2) is 0 Å². The Morgan fingerprint density at radius 3 is 1.86 bits per heavy atom. The van der Waals surface area contributed by atoms with E-state index in [0.717, 1.165) is 60.7 Å². The maximum absolute atomic E-state index is 13.8. The van der Waals surface area contributed by atoms with Crippen molar-refractivity contribution >= 4 is 40.9 Å². The summed E-state index contributed by atoms with van der Waals surface area (Å²) in [6.45, 7) is 13.0. The molecule has 0 bridgehead atoms. The van der Waals surface area contributed by atoms with E-state index in [0.29, 0.717) is 122 Å². The molecule has 5 rings (SSSR count). The highest BCUT2D eigenvalue weighted by molar-refractivity contribution is 7.98. The van der Waals surface area contributed by atoms with Crippen molar-refractivity contribution in [2.24, 2.45) is 0 Å². The summed E-state index contributed by atoms with van der Waals surface area (Å²) in [4.78, 5) is 44.8. The molecule has 0 unspecified atom stereocenters. The van der Waals surface area contributed by atoms with Crippen molar-refractivity contribution in [1.82, 2.24) is 10.3 Å². The van der Waals surface area contributed by atoms with Crippen LogP contribution in [0.4, 0.5) is 11.4 Å². The number of aromatic nitrogens is 1. The molecule has 0 aliphatic heterocycles. The number of rotatable bonds is 37. The van der Waals surface area contributed by atoms with Gasteiger partial charge in [0.1, 0.15) is 0 Å². The maximum atomic E-state index is 13.8. The summed E-state index contributed by atoms with van der Waals surface area (Å²) in [5.41, 5.74) is 7.52. The highest BCUT2D eigenvalue weighted by Crippen LogP contribution is 2.33. The molecule has 16 nitrogen and oxygen atoms in total. The largest absolute Gasteiger partial charge is 0.481 e. The average Bonchev–Trinajstić information content (AvgIpc) is 3.38. The third-order valence-corrected chi connectivity index (χ3v) is 12.2. The van der Waals surface area contributed by atoms with E-state index in [1.165, 1.54) is 11.1 Å². The van der Waals surface area contributed by atoms with Gasteiger partial charge in [-0.3, -0.25) is 19.4 Å². The predicted molar refractivity (Wildman–Crippen MR) is 272 cm³/mol. The van der Waals surface area contributed by atoms with Crippen molar-refractivity contribution < 1.29 is 57.4 Å². The molecule has 0 spiro atoms. The fraction of sp³-hybridized carbons (Fsp3) is 0.509. The van der Waals surface area contributed by atoms with Crippen molar-refractivity contribution in [3.63, 3.8) is 0 Å². The summed E-state index contributed by atoms with van der Waals surface area (Å²) in [5, 5.41) is 15.0. The summed E-state index contributed by atoms with van der Waals surface area (Å²) >= 11 is 1.74. The van der Waals surface area contributed by atoms with Crippen LogP contribution in [0.1, 0.15) is 76.6 Å². The van der Waals surface area contributed by atoms with Gasteiger partial charge in [-0.2, -0.15) is 11.8 Å². The second-order valence-corrected chi connectivity index (χ2v) is 17.3. The number of hydrogen-bond donors (Lipinski definition) is 3. The van der Waals surface area contributed by atoms with Gasteiger partial charge in [0.05, 0.1) is 130 Å². The van der Waals surface area contributed by atoms with Gasteiger partial charge in [-0.15, -0.1) is 0 Å². The zero-order valence-electron chi connectivity index (χ0n) is 40.9. The van der Waals surface area contributed by atoms with Crippen LogP contribution in [0.25, 0.3) is 11.3 Å². The Hall–Kier alpha value is -4.95. The molecule has 3 N–H and O–H groups in total. The molecular weight excluding hydrogens is 917 g/mol. The van der Waals surface area contributed by atoms with Crippen LogP contribution in [-0.4, -0.2) is 152 Å². The number of carbonyl (C=O) groups is 3. The van der Waals surface area contributed by atoms with E-state index in [9.17, 15) is 14.4 Å². The van der Waals surface area contributed by atoms with Gasteiger partial charge in [0, 0.05) is 53.2 Å². The van der Waals surface area contributed by atoms with Gasteiger partial charge in [0.2, 0.25) is 0 Å². The van der Waals surface area contributed by atoms with E-state index in [4.69, 9.17) is 48.0 Å². The van der Waals surface area contributed by atoms with Crippen LogP contribution in [0, 0.1) is 0 Å². The number of benzene rings is 3. The molecule has 1 heterocycles. The molecule has 1 atom stereocenters. The monoisotopic (exact) mass is 988 g/mol. The van der Waals surface area contributed by atoms with Crippen molar-refractivity contribution in [1.29, 1.82) is 0 Å². The predicted octanol–water partition coefficient (Wildman–Crippen LogP) is 7.50. The van der Waals surface area contributed by atoms with Gasteiger partial charge >= 0.3 is 5.97 Å². The minimum absolute atomic E-state index is 0.0115. The third kappa shape index (κ3) is 20.8. The molecule has 2 amide bonds. The highest BCUT2D eigenvalue weighted by atomic mass is 32.2. The second kappa shape index (κ2) is 33.6. The third-order valence-electron chi connectivity index (χ3n) is 11.2. The maximum Gasteiger partial charge on any atom is 0.305 e. The Morgan fingerprint density at radius 2 is 1.24 bits per heavy atom. The lowest BCUT2D eigenvalue weighted by Gasteiger charge is -2.26. The highest BCUT2D eigenvalue weighted by Gasteiger charge is 2.23. The van der Waals surface area contributed by atoms with Gasteiger partial charge in [-0.1, -0.05) is 36.4 Å². The minimum atomic E-state index is -0.880. The average molecular weight is 989 g/mol. The van der Waals surface area contributed by atoms with E-state index in [1.807, 2.05) is 54.6 Å². The number of carboxylic acid groups (broad SMARTS) is 1. The van der Waals surface area contributed by atoms with Crippen LogP contribution in [0.15, 0.2) is 85.1 Å². The molecule has 70 heavy (non-hydrogen) atoms. The Bertz CT molecular complexity index is 2140. The molecule has 1 aromatic heterocycles. The van der Waals surface area contributed by atoms with Crippen LogP contribution < -0.4 is 15.5 Å².